The van der Waals surface area contributed by atoms with Crippen molar-refractivity contribution in [2.45, 2.75) is 18.6 Å². The number of thioether (sulfide) groups is 1. The molecule has 1 aromatic heterocycles. The lowest BCUT2D eigenvalue weighted by atomic mass is 10.1. The largest absolute Gasteiger partial charge is 0.324 e. The number of benzene rings is 2. The summed E-state index contributed by atoms with van der Waals surface area (Å²) in [6.45, 7) is 1.75. The predicted octanol–water partition coefficient (Wildman–Crippen LogP) is 4.23. The third kappa shape index (κ3) is 4.59. The van der Waals surface area contributed by atoms with E-state index in [0.717, 1.165) is 11.1 Å². The number of anilines is 1. The maximum atomic E-state index is 12.6. The van der Waals surface area contributed by atoms with Crippen molar-refractivity contribution in [3.8, 4) is 11.3 Å². The van der Waals surface area contributed by atoms with E-state index in [1.807, 2.05) is 49.6 Å². The van der Waals surface area contributed by atoms with Gasteiger partial charge in [-0.2, -0.15) is 0 Å². The molecule has 1 amide bonds. The summed E-state index contributed by atoms with van der Waals surface area (Å²) < 4.78 is 1.37. The summed E-state index contributed by atoms with van der Waals surface area (Å²) in [5.74, 6) is -0.313. The molecule has 7 heteroatoms. The number of carbonyl (C=O) groups is 1. The number of rotatable bonds is 5. The van der Waals surface area contributed by atoms with E-state index in [2.05, 4.69) is 10.3 Å². The minimum atomic E-state index is -0.313. The van der Waals surface area contributed by atoms with Crippen LogP contribution in [-0.4, -0.2) is 21.7 Å². The number of amides is 1. The van der Waals surface area contributed by atoms with E-state index in [9.17, 15) is 9.59 Å². The first-order valence-electron chi connectivity index (χ1n) is 8.25. The van der Waals surface area contributed by atoms with Crippen molar-refractivity contribution < 1.29 is 4.79 Å². The molecule has 0 aliphatic rings. The Labute approximate surface area is 166 Å². The summed E-state index contributed by atoms with van der Waals surface area (Å²) in [6, 6.07) is 16.2. The van der Waals surface area contributed by atoms with Gasteiger partial charge in [0, 0.05) is 22.3 Å². The molecular formula is C20H18ClN3O2S. The Kier molecular flexibility index (Phi) is 5.98. The molecule has 3 aromatic rings. The predicted molar refractivity (Wildman–Crippen MR) is 111 cm³/mol. The molecule has 0 unspecified atom stereocenters. The molecule has 27 heavy (non-hydrogen) atoms. The topological polar surface area (TPSA) is 64.0 Å². The van der Waals surface area contributed by atoms with Gasteiger partial charge in [-0.3, -0.25) is 14.2 Å². The monoisotopic (exact) mass is 399 g/mol. The smallest absolute Gasteiger partial charge is 0.255 e. The summed E-state index contributed by atoms with van der Waals surface area (Å²) in [4.78, 5) is 29.6. The molecule has 0 fully saturated rings. The molecule has 0 bridgehead atoms. The van der Waals surface area contributed by atoms with Crippen molar-refractivity contribution in [1.82, 2.24) is 9.55 Å². The van der Waals surface area contributed by atoms with E-state index < -0.39 is 0 Å². The van der Waals surface area contributed by atoms with Gasteiger partial charge in [0.25, 0.3) is 5.56 Å². The van der Waals surface area contributed by atoms with Crippen LogP contribution in [0.15, 0.2) is 64.5 Å². The van der Waals surface area contributed by atoms with Crippen molar-refractivity contribution >= 4 is 35.0 Å². The third-order valence-electron chi connectivity index (χ3n) is 4.00. The molecule has 3 rings (SSSR count). The molecule has 138 valence electrons. The lowest BCUT2D eigenvalue weighted by Crippen LogP contribution is -2.29. The number of halogens is 1. The van der Waals surface area contributed by atoms with Crippen LogP contribution in [0.5, 0.6) is 0 Å². The van der Waals surface area contributed by atoms with E-state index in [0.29, 0.717) is 21.6 Å². The highest BCUT2D eigenvalue weighted by Crippen LogP contribution is 2.21. The fraction of sp³-hybridized carbons (Fsp3) is 0.150. The summed E-state index contributed by atoms with van der Waals surface area (Å²) in [6.07, 6.45) is 1.83. The van der Waals surface area contributed by atoms with Gasteiger partial charge in [-0.25, -0.2) is 4.98 Å². The Hall–Kier alpha value is -2.57. The first-order valence-corrected chi connectivity index (χ1v) is 9.85. The molecule has 0 spiro atoms. The fourth-order valence-corrected chi connectivity index (χ4v) is 3.34. The number of hydrogen-bond donors (Lipinski definition) is 1. The quantitative estimate of drug-likeness (QED) is 0.515. The molecule has 0 saturated carbocycles. The highest BCUT2D eigenvalue weighted by molar-refractivity contribution is 7.98. The number of hydrogen-bond acceptors (Lipinski definition) is 4. The molecule has 0 aliphatic carbocycles. The lowest BCUT2D eigenvalue weighted by Gasteiger charge is -2.13. The second-order valence-electron chi connectivity index (χ2n) is 5.93. The van der Waals surface area contributed by atoms with Crippen molar-refractivity contribution in [2.24, 2.45) is 0 Å². The number of carbonyl (C=O) groups excluding carboxylic acids is 1. The molecular weight excluding hydrogens is 382 g/mol. The molecule has 1 heterocycles. The average Bonchev–Trinajstić information content (AvgIpc) is 2.66. The van der Waals surface area contributed by atoms with Crippen molar-refractivity contribution in [2.75, 3.05) is 11.6 Å². The lowest BCUT2D eigenvalue weighted by molar-refractivity contribution is -0.116. The van der Waals surface area contributed by atoms with Crippen LogP contribution in [0.25, 0.3) is 11.3 Å². The van der Waals surface area contributed by atoms with Crippen LogP contribution in [0, 0.1) is 6.92 Å². The van der Waals surface area contributed by atoms with Crippen LogP contribution < -0.4 is 10.9 Å². The highest BCUT2D eigenvalue weighted by atomic mass is 35.5. The Morgan fingerprint density at radius 2 is 1.93 bits per heavy atom. The Morgan fingerprint density at radius 3 is 2.63 bits per heavy atom. The summed E-state index contributed by atoms with van der Waals surface area (Å²) in [7, 11) is 0. The second-order valence-corrected chi connectivity index (χ2v) is 7.14. The van der Waals surface area contributed by atoms with E-state index in [4.69, 9.17) is 11.6 Å². The standard InChI is InChI=1S/C20H18ClN3O2S/c1-13-8-9-15(21)10-16(13)22-18(25)12-24-19(26)11-17(23-20(24)27-2)14-6-4-3-5-7-14/h3-11H,12H2,1-2H3,(H,22,25). The third-order valence-corrected chi connectivity index (χ3v) is 4.91. The van der Waals surface area contributed by atoms with E-state index in [-0.39, 0.29) is 18.0 Å². The number of nitrogens with zero attached hydrogens (tertiary/aromatic N) is 2. The van der Waals surface area contributed by atoms with Crippen LogP contribution >= 0.6 is 23.4 Å². The van der Waals surface area contributed by atoms with Crippen LogP contribution in [0.2, 0.25) is 5.02 Å². The average molecular weight is 400 g/mol. The number of aryl methyl sites for hydroxylation is 1. The first-order chi connectivity index (χ1) is 13.0. The Balaban J connectivity index is 1.87. The normalized spacial score (nSPS) is 10.6. The summed E-state index contributed by atoms with van der Waals surface area (Å²) >= 11 is 7.31. The van der Waals surface area contributed by atoms with Gasteiger partial charge in [-0.05, 0) is 30.9 Å². The van der Waals surface area contributed by atoms with Crippen LogP contribution in [0.1, 0.15) is 5.56 Å². The minimum absolute atomic E-state index is 0.122. The zero-order valence-corrected chi connectivity index (χ0v) is 16.5. The van der Waals surface area contributed by atoms with Gasteiger partial charge in [0.15, 0.2) is 5.16 Å². The number of aromatic nitrogens is 2. The van der Waals surface area contributed by atoms with Gasteiger partial charge >= 0.3 is 0 Å². The van der Waals surface area contributed by atoms with E-state index in [1.165, 1.54) is 22.4 Å². The molecule has 0 saturated heterocycles. The van der Waals surface area contributed by atoms with Crippen LogP contribution in [0.4, 0.5) is 5.69 Å². The van der Waals surface area contributed by atoms with E-state index in [1.54, 1.807) is 12.1 Å². The molecule has 0 atom stereocenters. The maximum Gasteiger partial charge on any atom is 0.255 e. The highest BCUT2D eigenvalue weighted by Gasteiger charge is 2.13. The van der Waals surface area contributed by atoms with Gasteiger partial charge in [-0.1, -0.05) is 59.8 Å². The zero-order chi connectivity index (χ0) is 19.4. The number of nitrogens with one attached hydrogen (secondary N) is 1. The molecule has 1 N–H and O–H groups in total. The van der Waals surface area contributed by atoms with Gasteiger partial charge in [0.1, 0.15) is 6.54 Å². The Morgan fingerprint density at radius 1 is 1.19 bits per heavy atom. The SMILES string of the molecule is CSc1nc(-c2ccccc2)cc(=O)n1CC(=O)Nc1cc(Cl)ccc1C. The van der Waals surface area contributed by atoms with Gasteiger partial charge in [0.2, 0.25) is 5.91 Å². The van der Waals surface area contributed by atoms with Crippen molar-refractivity contribution in [1.29, 1.82) is 0 Å². The minimum Gasteiger partial charge on any atom is -0.324 e. The second kappa shape index (κ2) is 8.41. The van der Waals surface area contributed by atoms with Crippen LogP contribution in [0.3, 0.4) is 0 Å². The van der Waals surface area contributed by atoms with Gasteiger partial charge in [0.05, 0.1) is 5.69 Å². The summed E-state index contributed by atoms with van der Waals surface area (Å²) in [5, 5.41) is 3.82. The molecule has 2 aromatic carbocycles. The zero-order valence-electron chi connectivity index (χ0n) is 14.9. The fourth-order valence-electron chi connectivity index (χ4n) is 2.61. The molecule has 5 nitrogen and oxygen atoms in total. The molecule has 0 aliphatic heterocycles. The van der Waals surface area contributed by atoms with Crippen LogP contribution in [-0.2, 0) is 11.3 Å². The van der Waals surface area contributed by atoms with Gasteiger partial charge < -0.3 is 5.32 Å². The van der Waals surface area contributed by atoms with Crippen molar-refractivity contribution in [3.05, 3.63) is 75.5 Å². The van der Waals surface area contributed by atoms with Crippen molar-refractivity contribution in [3.63, 3.8) is 0 Å². The summed E-state index contributed by atoms with van der Waals surface area (Å²) in [5.41, 5.74) is 2.69. The maximum absolute atomic E-state index is 12.6. The van der Waals surface area contributed by atoms with E-state index >= 15 is 0 Å². The molecule has 0 radical (unpaired) electrons. The van der Waals surface area contributed by atoms with Gasteiger partial charge in [-0.15, -0.1) is 0 Å². The first kappa shape index (κ1) is 19.2. The Bertz CT molecular complexity index is 1040.